The molecule has 0 bridgehead atoms. The van der Waals surface area contributed by atoms with E-state index in [0.29, 0.717) is 29.9 Å². The lowest BCUT2D eigenvalue weighted by atomic mass is 10.1. The zero-order chi connectivity index (χ0) is 13.0. The second-order valence-electron chi connectivity index (χ2n) is 3.97. The molecular weight excluding hydrogens is 237 g/mol. The Morgan fingerprint density at radius 3 is 3.11 bits per heavy atom. The molecule has 18 heavy (non-hydrogen) atoms. The molecule has 96 valence electrons. The van der Waals surface area contributed by atoms with Crippen LogP contribution in [0.3, 0.4) is 0 Å². The standard InChI is InChI=1S/C13H14FNO3/c14-11-2-3-12-9(7-11)6-10(8-18-12)13(17)15-4-1-5-16/h2-3,6-7,16H,1,4-5,8H2,(H,15,17). The van der Waals surface area contributed by atoms with E-state index < -0.39 is 0 Å². The minimum absolute atomic E-state index is 0.0316. The van der Waals surface area contributed by atoms with E-state index in [2.05, 4.69) is 5.32 Å². The molecule has 5 heteroatoms. The molecule has 1 heterocycles. The summed E-state index contributed by atoms with van der Waals surface area (Å²) >= 11 is 0. The maximum absolute atomic E-state index is 13.1. The highest BCUT2D eigenvalue weighted by molar-refractivity contribution is 5.99. The van der Waals surface area contributed by atoms with Crippen molar-refractivity contribution in [2.24, 2.45) is 0 Å². The highest BCUT2D eigenvalue weighted by Gasteiger charge is 2.17. The second-order valence-corrected chi connectivity index (χ2v) is 3.97. The zero-order valence-electron chi connectivity index (χ0n) is 9.78. The molecule has 0 saturated heterocycles. The van der Waals surface area contributed by atoms with Crippen molar-refractivity contribution in [3.8, 4) is 5.75 Å². The van der Waals surface area contributed by atoms with Gasteiger partial charge in [-0.15, -0.1) is 0 Å². The summed E-state index contributed by atoms with van der Waals surface area (Å²) in [5, 5.41) is 11.3. The highest BCUT2D eigenvalue weighted by atomic mass is 19.1. The van der Waals surface area contributed by atoms with Crippen molar-refractivity contribution in [1.29, 1.82) is 0 Å². The number of rotatable bonds is 4. The van der Waals surface area contributed by atoms with Gasteiger partial charge in [0, 0.05) is 18.7 Å². The summed E-state index contributed by atoms with van der Waals surface area (Å²) < 4.78 is 18.4. The maximum Gasteiger partial charge on any atom is 0.250 e. The van der Waals surface area contributed by atoms with Crippen molar-refractivity contribution in [3.63, 3.8) is 0 Å². The van der Waals surface area contributed by atoms with Crippen LogP contribution in [0.5, 0.6) is 5.75 Å². The van der Waals surface area contributed by atoms with Crippen LogP contribution in [0.4, 0.5) is 4.39 Å². The lowest BCUT2D eigenvalue weighted by molar-refractivity contribution is -0.117. The van der Waals surface area contributed by atoms with Gasteiger partial charge in [0.25, 0.3) is 5.91 Å². The molecule has 0 radical (unpaired) electrons. The van der Waals surface area contributed by atoms with Gasteiger partial charge in [0.15, 0.2) is 0 Å². The van der Waals surface area contributed by atoms with Crippen LogP contribution < -0.4 is 10.1 Å². The van der Waals surface area contributed by atoms with Crippen molar-refractivity contribution in [3.05, 3.63) is 35.2 Å². The topological polar surface area (TPSA) is 58.6 Å². The third-order valence-electron chi connectivity index (χ3n) is 2.60. The van der Waals surface area contributed by atoms with Gasteiger partial charge in [-0.1, -0.05) is 0 Å². The molecule has 4 nitrogen and oxygen atoms in total. The summed E-state index contributed by atoms with van der Waals surface area (Å²) in [6.45, 7) is 0.607. The summed E-state index contributed by atoms with van der Waals surface area (Å²) in [6, 6.07) is 4.19. The Hall–Kier alpha value is -1.88. The first-order valence-corrected chi connectivity index (χ1v) is 5.72. The molecule has 1 aliphatic heterocycles. The fraction of sp³-hybridized carbons (Fsp3) is 0.308. The Kier molecular flexibility index (Phi) is 3.94. The molecule has 0 spiro atoms. The van der Waals surface area contributed by atoms with E-state index in [1.165, 1.54) is 12.1 Å². The fourth-order valence-corrected chi connectivity index (χ4v) is 1.67. The predicted molar refractivity (Wildman–Crippen MR) is 64.6 cm³/mol. The van der Waals surface area contributed by atoms with E-state index in [9.17, 15) is 9.18 Å². The van der Waals surface area contributed by atoms with Gasteiger partial charge in [-0.25, -0.2) is 4.39 Å². The first kappa shape index (κ1) is 12.6. The largest absolute Gasteiger partial charge is 0.488 e. The van der Waals surface area contributed by atoms with Crippen LogP contribution in [-0.2, 0) is 4.79 Å². The number of carbonyl (C=O) groups is 1. The lowest BCUT2D eigenvalue weighted by Crippen LogP contribution is -2.29. The van der Waals surface area contributed by atoms with Gasteiger partial charge < -0.3 is 15.2 Å². The first-order valence-electron chi connectivity index (χ1n) is 5.72. The highest BCUT2D eigenvalue weighted by Crippen LogP contribution is 2.26. The second kappa shape index (κ2) is 5.64. The van der Waals surface area contributed by atoms with Crippen LogP contribution in [0.1, 0.15) is 12.0 Å². The average Bonchev–Trinajstić information content (AvgIpc) is 2.38. The summed E-state index contributed by atoms with van der Waals surface area (Å²) in [5.74, 6) is -0.0443. The fourth-order valence-electron chi connectivity index (χ4n) is 1.67. The monoisotopic (exact) mass is 251 g/mol. The summed E-state index contributed by atoms with van der Waals surface area (Å²) in [5.41, 5.74) is 1.01. The minimum Gasteiger partial charge on any atom is -0.488 e. The number of fused-ring (bicyclic) bond motifs is 1. The number of aliphatic hydroxyl groups is 1. The number of benzene rings is 1. The van der Waals surface area contributed by atoms with E-state index in [-0.39, 0.29) is 24.9 Å². The summed E-state index contributed by atoms with van der Waals surface area (Å²) in [4.78, 5) is 11.7. The number of nitrogens with one attached hydrogen (secondary N) is 1. The third-order valence-corrected chi connectivity index (χ3v) is 2.60. The summed E-state index contributed by atoms with van der Waals surface area (Å²) in [6.07, 6.45) is 2.13. The quantitative estimate of drug-likeness (QED) is 0.788. The third kappa shape index (κ3) is 2.87. The van der Waals surface area contributed by atoms with Crippen LogP contribution in [-0.4, -0.2) is 30.8 Å². The molecule has 0 aromatic heterocycles. The minimum atomic E-state index is -0.365. The number of halogens is 1. The van der Waals surface area contributed by atoms with Crippen molar-refractivity contribution in [2.45, 2.75) is 6.42 Å². The van der Waals surface area contributed by atoms with Crippen LogP contribution in [0.15, 0.2) is 23.8 Å². The molecule has 0 aliphatic carbocycles. The van der Waals surface area contributed by atoms with Gasteiger partial charge in [0.1, 0.15) is 18.2 Å². The van der Waals surface area contributed by atoms with Gasteiger partial charge >= 0.3 is 0 Å². The zero-order valence-corrected chi connectivity index (χ0v) is 9.78. The number of carbonyl (C=O) groups excluding carboxylic acids is 1. The molecule has 1 aromatic carbocycles. The number of ether oxygens (including phenoxy) is 1. The molecule has 0 unspecified atom stereocenters. The SMILES string of the molecule is O=C(NCCCO)C1=Cc2cc(F)ccc2OC1. The molecule has 0 saturated carbocycles. The van der Waals surface area contributed by atoms with Crippen LogP contribution in [0.2, 0.25) is 0 Å². The molecule has 0 fully saturated rings. The Labute approximate surface area is 104 Å². The lowest BCUT2D eigenvalue weighted by Gasteiger charge is -2.17. The van der Waals surface area contributed by atoms with Crippen LogP contribution in [0, 0.1) is 5.82 Å². The smallest absolute Gasteiger partial charge is 0.250 e. The van der Waals surface area contributed by atoms with Gasteiger partial charge in [-0.3, -0.25) is 4.79 Å². The van der Waals surface area contributed by atoms with Gasteiger partial charge in [0.05, 0.1) is 5.57 Å². The van der Waals surface area contributed by atoms with Crippen molar-refractivity contribution in [1.82, 2.24) is 5.32 Å². The van der Waals surface area contributed by atoms with Crippen LogP contribution >= 0.6 is 0 Å². The number of hydrogen-bond donors (Lipinski definition) is 2. The molecule has 0 atom stereocenters. The van der Waals surface area contributed by atoms with E-state index >= 15 is 0 Å². The van der Waals surface area contributed by atoms with Crippen molar-refractivity contribution in [2.75, 3.05) is 19.8 Å². The Bertz CT molecular complexity index is 485. The van der Waals surface area contributed by atoms with E-state index in [1.807, 2.05) is 0 Å². The van der Waals surface area contributed by atoms with Crippen LogP contribution in [0.25, 0.3) is 6.08 Å². The van der Waals surface area contributed by atoms with Gasteiger partial charge in [-0.05, 0) is 30.7 Å². The molecule has 1 amide bonds. The molecule has 1 aromatic rings. The number of aliphatic hydroxyl groups excluding tert-OH is 1. The normalized spacial score (nSPS) is 13.3. The molecule has 2 N–H and O–H groups in total. The van der Waals surface area contributed by atoms with E-state index in [1.54, 1.807) is 12.1 Å². The number of hydrogen-bond acceptors (Lipinski definition) is 3. The predicted octanol–water partition coefficient (Wildman–Crippen LogP) is 1.10. The Morgan fingerprint density at radius 2 is 2.33 bits per heavy atom. The molecule has 2 rings (SSSR count). The first-order chi connectivity index (χ1) is 8.70. The Morgan fingerprint density at radius 1 is 1.50 bits per heavy atom. The van der Waals surface area contributed by atoms with E-state index in [0.717, 1.165) is 0 Å². The molecular formula is C13H14FNO3. The number of amides is 1. The van der Waals surface area contributed by atoms with Gasteiger partial charge in [-0.2, -0.15) is 0 Å². The van der Waals surface area contributed by atoms with E-state index in [4.69, 9.17) is 9.84 Å². The average molecular weight is 251 g/mol. The van der Waals surface area contributed by atoms with Crippen molar-refractivity contribution < 1.29 is 19.0 Å². The van der Waals surface area contributed by atoms with Gasteiger partial charge in [0.2, 0.25) is 0 Å². The summed E-state index contributed by atoms with van der Waals surface area (Å²) in [7, 11) is 0. The Balaban J connectivity index is 2.09. The van der Waals surface area contributed by atoms with Crippen molar-refractivity contribution >= 4 is 12.0 Å². The maximum atomic E-state index is 13.1. The molecule has 1 aliphatic rings.